The highest BCUT2D eigenvalue weighted by Gasteiger charge is 2.22. The molecule has 1 unspecified atom stereocenters. The lowest BCUT2D eigenvalue weighted by atomic mass is 10.0. The molecule has 7 nitrogen and oxygen atoms in total. The summed E-state index contributed by atoms with van der Waals surface area (Å²) < 4.78 is 14.9. The molecular formula is C27H34BrN3O4. The van der Waals surface area contributed by atoms with Gasteiger partial charge in [-0.25, -0.2) is 0 Å². The van der Waals surface area contributed by atoms with Crippen LogP contribution in [0.2, 0.25) is 0 Å². The SMILES string of the molecule is CC(Cc1cc(C(N)=O)c2c(ccn2CCCO)c1)NCCOc1ccc(Br)cc1OCC1CC1. The molecule has 1 fully saturated rings. The predicted molar refractivity (Wildman–Crippen MR) is 141 cm³/mol. The molecule has 1 aliphatic rings. The van der Waals surface area contributed by atoms with Crippen LogP contribution in [0.5, 0.6) is 11.5 Å². The lowest BCUT2D eigenvalue weighted by molar-refractivity contribution is 0.100. The van der Waals surface area contributed by atoms with E-state index in [4.69, 9.17) is 20.3 Å². The van der Waals surface area contributed by atoms with Crippen LogP contribution in [-0.2, 0) is 13.0 Å². The van der Waals surface area contributed by atoms with E-state index in [2.05, 4.69) is 34.2 Å². The molecule has 1 aliphatic carbocycles. The number of hydrogen-bond acceptors (Lipinski definition) is 5. The largest absolute Gasteiger partial charge is 0.489 e. The number of aromatic nitrogens is 1. The zero-order chi connectivity index (χ0) is 24.8. The van der Waals surface area contributed by atoms with Gasteiger partial charge in [0.25, 0.3) is 5.91 Å². The number of hydrogen-bond donors (Lipinski definition) is 3. The molecule has 35 heavy (non-hydrogen) atoms. The fourth-order valence-electron chi connectivity index (χ4n) is 4.24. The zero-order valence-corrected chi connectivity index (χ0v) is 21.7. The topological polar surface area (TPSA) is 98.7 Å². The van der Waals surface area contributed by atoms with Crippen LogP contribution in [0.25, 0.3) is 10.9 Å². The van der Waals surface area contributed by atoms with Crippen molar-refractivity contribution in [3.05, 3.63) is 58.2 Å². The van der Waals surface area contributed by atoms with Crippen molar-refractivity contribution < 1.29 is 19.4 Å². The van der Waals surface area contributed by atoms with E-state index >= 15 is 0 Å². The molecule has 0 bridgehead atoms. The molecule has 0 radical (unpaired) electrons. The third-order valence-corrected chi connectivity index (χ3v) is 6.71. The molecular weight excluding hydrogens is 510 g/mol. The van der Waals surface area contributed by atoms with E-state index < -0.39 is 5.91 Å². The van der Waals surface area contributed by atoms with Crippen LogP contribution in [0.1, 0.15) is 42.1 Å². The van der Waals surface area contributed by atoms with Gasteiger partial charge >= 0.3 is 0 Å². The number of nitrogens with zero attached hydrogens (tertiary/aromatic N) is 1. The molecule has 4 N–H and O–H groups in total. The minimum atomic E-state index is -0.441. The van der Waals surface area contributed by atoms with Crippen LogP contribution >= 0.6 is 15.9 Å². The van der Waals surface area contributed by atoms with Gasteiger partial charge in [0.2, 0.25) is 0 Å². The van der Waals surface area contributed by atoms with Crippen LogP contribution in [0.3, 0.4) is 0 Å². The number of halogens is 1. The fraction of sp³-hybridized carbons (Fsp3) is 0.444. The molecule has 0 saturated heterocycles. The van der Waals surface area contributed by atoms with Crippen molar-refractivity contribution in [2.45, 2.75) is 45.2 Å². The van der Waals surface area contributed by atoms with E-state index in [1.807, 2.05) is 41.1 Å². The van der Waals surface area contributed by atoms with Gasteiger partial charge in [-0.15, -0.1) is 0 Å². The second-order valence-electron chi connectivity index (χ2n) is 9.28. The van der Waals surface area contributed by atoms with Gasteiger partial charge in [0.15, 0.2) is 11.5 Å². The average molecular weight is 544 g/mol. The summed E-state index contributed by atoms with van der Waals surface area (Å²) in [6, 6.07) is 12.0. The highest BCUT2D eigenvalue weighted by atomic mass is 79.9. The number of nitrogens with one attached hydrogen (secondary N) is 1. The van der Waals surface area contributed by atoms with E-state index in [9.17, 15) is 4.79 Å². The smallest absolute Gasteiger partial charge is 0.250 e. The normalized spacial score (nSPS) is 14.3. The molecule has 1 heterocycles. The predicted octanol–water partition coefficient (Wildman–Crippen LogP) is 4.27. The number of aliphatic hydroxyl groups excluding tert-OH is 1. The molecule has 4 rings (SSSR count). The number of aliphatic hydroxyl groups is 1. The monoisotopic (exact) mass is 543 g/mol. The van der Waals surface area contributed by atoms with E-state index in [1.54, 1.807) is 0 Å². The maximum Gasteiger partial charge on any atom is 0.250 e. The molecule has 3 aromatic rings. The van der Waals surface area contributed by atoms with Gasteiger partial charge in [-0.2, -0.15) is 0 Å². The van der Waals surface area contributed by atoms with E-state index in [-0.39, 0.29) is 12.6 Å². The highest BCUT2D eigenvalue weighted by molar-refractivity contribution is 9.10. The molecule has 1 aromatic heterocycles. The van der Waals surface area contributed by atoms with Crippen LogP contribution in [0, 0.1) is 5.92 Å². The van der Waals surface area contributed by atoms with E-state index in [0.717, 1.165) is 45.5 Å². The molecule has 1 atom stereocenters. The first kappa shape index (κ1) is 25.5. The van der Waals surface area contributed by atoms with Gasteiger partial charge in [-0.05, 0) is 80.5 Å². The van der Waals surface area contributed by atoms with Crippen LogP contribution in [0.15, 0.2) is 47.1 Å². The van der Waals surface area contributed by atoms with Crippen LogP contribution in [-0.4, -0.2) is 48.0 Å². The number of aryl methyl sites for hydroxylation is 1. The number of rotatable bonds is 14. The fourth-order valence-corrected chi connectivity index (χ4v) is 4.58. The van der Waals surface area contributed by atoms with Gasteiger partial charge in [0.05, 0.1) is 17.7 Å². The van der Waals surface area contributed by atoms with Crippen LogP contribution < -0.4 is 20.5 Å². The molecule has 8 heteroatoms. The third kappa shape index (κ3) is 6.99. The Balaban J connectivity index is 1.32. The summed E-state index contributed by atoms with van der Waals surface area (Å²) in [5.41, 5.74) is 8.11. The van der Waals surface area contributed by atoms with Crippen molar-refractivity contribution in [3.63, 3.8) is 0 Å². The van der Waals surface area contributed by atoms with Gasteiger partial charge in [0, 0.05) is 41.8 Å². The highest BCUT2D eigenvalue weighted by Crippen LogP contribution is 2.34. The zero-order valence-electron chi connectivity index (χ0n) is 20.1. The second kappa shape index (κ2) is 11.9. The Labute approximate surface area is 214 Å². The molecule has 1 amide bonds. The summed E-state index contributed by atoms with van der Waals surface area (Å²) >= 11 is 3.50. The number of primary amides is 1. The van der Waals surface area contributed by atoms with Gasteiger partial charge in [-0.3, -0.25) is 4.79 Å². The summed E-state index contributed by atoms with van der Waals surface area (Å²) in [4.78, 5) is 12.2. The van der Waals surface area contributed by atoms with Crippen molar-refractivity contribution in [2.75, 3.05) is 26.4 Å². The minimum absolute atomic E-state index is 0.104. The minimum Gasteiger partial charge on any atom is -0.489 e. The number of carbonyl (C=O) groups excluding carboxylic acids is 1. The van der Waals surface area contributed by atoms with E-state index in [1.165, 1.54) is 12.8 Å². The number of fused-ring (bicyclic) bond motifs is 1. The Kier molecular flexibility index (Phi) is 8.70. The summed E-state index contributed by atoms with van der Waals surface area (Å²) in [6.45, 7) is 4.80. The first-order chi connectivity index (χ1) is 16.9. The molecule has 2 aromatic carbocycles. The third-order valence-electron chi connectivity index (χ3n) is 6.21. The van der Waals surface area contributed by atoms with Crippen molar-refractivity contribution >= 4 is 32.7 Å². The number of nitrogens with two attached hydrogens (primary N) is 1. The molecule has 1 saturated carbocycles. The lowest BCUT2D eigenvalue weighted by Gasteiger charge is -2.17. The van der Waals surface area contributed by atoms with Gasteiger partial charge < -0.3 is 30.2 Å². The van der Waals surface area contributed by atoms with Crippen molar-refractivity contribution in [2.24, 2.45) is 11.7 Å². The van der Waals surface area contributed by atoms with Crippen molar-refractivity contribution in [1.82, 2.24) is 9.88 Å². The Hall–Kier alpha value is -2.55. The Morgan fingerprint density at radius 3 is 2.80 bits per heavy atom. The van der Waals surface area contributed by atoms with Crippen LogP contribution in [0.4, 0.5) is 0 Å². The molecule has 0 spiro atoms. The lowest BCUT2D eigenvalue weighted by Crippen LogP contribution is -2.32. The van der Waals surface area contributed by atoms with E-state index in [0.29, 0.717) is 37.6 Å². The average Bonchev–Trinajstić information content (AvgIpc) is 3.58. The Bertz CT molecular complexity index is 1160. The number of ether oxygens (including phenoxy) is 2. The molecule has 0 aliphatic heterocycles. The second-order valence-corrected chi connectivity index (χ2v) is 10.2. The Morgan fingerprint density at radius 1 is 1.23 bits per heavy atom. The van der Waals surface area contributed by atoms with Gasteiger partial charge in [0.1, 0.15) is 6.61 Å². The number of benzene rings is 2. The summed E-state index contributed by atoms with van der Waals surface area (Å²) in [6.07, 6.45) is 5.82. The molecule has 188 valence electrons. The van der Waals surface area contributed by atoms with Gasteiger partial charge in [-0.1, -0.05) is 15.9 Å². The maximum absolute atomic E-state index is 12.2. The first-order valence-electron chi connectivity index (χ1n) is 12.3. The Morgan fingerprint density at radius 2 is 2.06 bits per heavy atom. The summed E-state index contributed by atoms with van der Waals surface area (Å²) in [5.74, 6) is 1.77. The quantitative estimate of drug-likeness (QED) is 0.263. The van der Waals surface area contributed by atoms with Crippen molar-refractivity contribution in [3.8, 4) is 11.5 Å². The number of amides is 1. The standard InChI is InChI=1S/C27H34BrN3O4/c1-18(30-8-12-34-24-6-5-22(28)16-25(24)35-17-19-3-4-19)13-20-14-21-7-10-31(9-2-11-32)26(21)23(15-20)27(29)33/h5-7,10,14-16,18-19,30,32H,2-4,8-9,11-13,17H2,1H3,(H2,29,33). The van der Waals surface area contributed by atoms with Crippen molar-refractivity contribution in [1.29, 1.82) is 0 Å². The number of carbonyl (C=O) groups is 1. The summed E-state index contributed by atoms with van der Waals surface area (Å²) in [5, 5.41) is 13.6. The maximum atomic E-state index is 12.2. The first-order valence-corrected chi connectivity index (χ1v) is 13.0. The summed E-state index contributed by atoms with van der Waals surface area (Å²) in [7, 11) is 0.